The molecular weight excluding hydrogens is 270 g/mol. The molecule has 0 spiro atoms. The van der Waals surface area contributed by atoms with E-state index in [4.69, 9.17) is 4.74 Å². The Kier molecular flexibility index (Phi) is 5.32. The standard InChI is InChI=1S/C14H23N5O2/c1-4-16-11-8-13(18-12(17-11)9-21-3)19-7-5-6-10(19)14(20)15-2/h8,10H,4-7,9H2,1-3H3,(H,15,20)(H,16,17,18). The first-order valence-corrected chi connectivity index (χ1v) is 7.28. The first-order valence-electron chi connectivity index (χ1n) is 7.28. The molecule has 0 radical (unpaired) electrons. The molecular formula is C14H23N5O2. The zero-order valence-electron chi connectivity index (χ0n) is 12.8. The predicted octanol–water partition coefficient (Wildman–Crippen LogP) is 0.770. The summed E-state index contributed by atoms with van der Waals surface area (Å²) in [5, 5.41) is 5.92. The normalized spacial score (nSPS) is 17.9. The Morgan fingerprint density at radius 2 is 2.33 bits per heavy atom. The first kappa shape index (κ1) is 15.5. The van der Waals surface area contributed by atoms with Crippen LogP contribution in [0.4, 0.5) is 11.6 Å². The van der Waals surface area contributed by atoms with Crippen LogP contribution in [0.25, 0.3) is 0 Å². The summed E-state index contributed by atoms with van der Waals surface area (Å²) in [4.78, 5) is 22.9. The topological polar surface area (TPSA) is 79.4 Å². The minimum atomic E-state index is -0.158. The Labute approximate surface area is 125 Å². The van der Waals surface area contributed by atoms with Gasteiger partial charge in [0.05, 0.1) is 0 Å². The van der Waals surface area contributed by atoms with Crippen molar-refractivity contribution in [1.29, 1.82) is 0 Å². The number of ether oxygens (including phenoxy) is 1. The number of aromatic nitrogens is 2. The second-order valence-corrected chi connectivity index (χ2v) is 4.96. The van der Waals surface area contributed by atoms with Gasteiger partial charge in [-0.15, -0.1) is 0 Å². The average Bonchev–Trinajstić information content (AvgIpc) is 2.96. The van der Waals surface area contributed by atoms with Crippen LogP contribution in [0.2, 0.25) is 0 Å². The van der Waals surface area contributed by atoms with Gasteiger partial charge in [-0.25, -0.2) is 9.97 Å². The number of hydrogen-bond donors (Lipinski definition) is 2. The maximum Gasteiger partial charge on any atom is 0.242 e. The fourth-order valence-electron chi connectivity index (χ4n) is 2.58. The highest BCUT2D eigenvalue weighted by molar-refractivity contribution is 5.85. The zero-order chi connectivity index (χ0) is 15.2. The summed E-state index contributed by atoms with van der Waals surface area (Å²) >= 11 is 0. The van der Waals surface area contributed by atoms with Crippen molar-refractivity contribution in [2.45, 2.75) is 32.4 Å². The molecule has 7 nitrogen and oxygen atoms in total. The molecule has 1 fully saturated rings. The zero-order valence-corrected chi connectivity index (χ0v) is 12.8. The molecule has 2 heterocycles. The summed E-state index contributed by atoms with van der Waals surface area (Å²) in [5.74, 6) is 2.19. The molecule has 2 N–H and O–H groups in total. The van der Waals surface area contributed by atoms with E-state index in [1.807, 2.05) is 17.9 Å². The van der Waals surface area contributed by atoms with Crippen molar-refractivity contribution in [3.63, 3.8) is 0 Å². The number of likely N-dealkylation sites (N-methyl/N-ethyl adjacent to an activating group) is 1. The van der Waals surface area contributed by atoms with Gasteiger partial charge < -0.3 is 20.3 Å². The second kappa shape index (κ2) is 7.21. The van der Waals surface area contributed by atoms with Crippen LogP contribution in [0.15, 0.2) is 6.07 Å². The van der Waals surface area contributed by atoms with E-state index in [9.17, 15) is 4.79 Å². The van der Waals surface area contributed by atoms with Crippen molar-refractivity contribution in [2.24, 2.45) is 0 Å². The van der Waals surface area contributed by atoms with Crippen LogP contribution in [-0.4, -0.2) is 49.2 Å². The number of amides is 1. The number of nitrogens with one attached hydrogen (secondary N) is 2. The maximum absolute atomic E-state index is 12.0. The molecule has 0 aromatic carbocycles. The van der Waals surface area contributed by atoms with E-state index >= 15 is 0 Å². The Morgan fingerprint density at radius 1 is 1.52 bits per heavy atom. The molecule has 7 heteroatoms. The molecule has 1 atom stereocenters. The number of rotatable bonds is 6. The van der Waals surface area contributed by atoms with Gasteiger partial charge in [0.25, 0.3) is 0 Å². The van der Waals surface area contributed by atoms with Gasteiger partial charge in [0.2, 0.25) is 5.91 Å². The predicted molar refractivity (Wildman–Crippen MR) is 81.3 cm³/mol. The highest BCUT2D eigenvalue weighted by Crippen LogP contribution is 2.26. The van der Waals surface area contributed by atoms with Crippen LogP contribution < -0.4 is 15.5 Å². The van der Waals surface area contributed by atoms with Crippen molar-refractivity contribution >= 4 is 17.5 Å². The molecule has 1 aliphatic rings. The minimum absolute atomic E-state index is 0.0319. The lowest BCUT2D eigenvalue weighted by molar-refractivity contribution is -0.121. The Hall–Kier alpha value is -1.89. The molecule has 21 heavy (non-hydrogen) atoms. The third-order valence-corrected chi connectivity index (χ3v) is 3.49. The number of carbonyl (C=O) groups excluding carboxylic acids is 1. The van der Waals surface area contributed by atoms with Crippen molar-refractivity contribution in [1.82, 2.24) is 15.3 Å². The van der Waals surface area contributed by atoms with E-state index < -0.39 is 0 Å². The summed E-state index contributed by atoms with van der Waals surface area (Å²) in [6.07, 6.45) is 1.83. The number of methoxy groups -OCH3 is 1. The monoisotopic (exact) mass is 293 g/mol. The molecule has 1 saturated heterocycles. The fourth-order valence-corrected chi connectivity index (χ4v) is 2.58. The molecule has 0 aliphatic carbocycles. The van der Waals surface area contributed by atoms with Crippen molar-refractivity contribution < 1.29 is 9.53 Å². The van der Waals surface area contributed by atoms with E-state index in [1.54, 1.807) is 14.2 Å². The van der Waals surface area contributed by atoms with E-state index in [1.165, 1.54) is 0 Å². The SMILES string of the molecule is CCNc1cc(N2CCCC2C(=O)NC)nc(COC)n1. The Morgan fingerprint density at radius 3 is 3.00 bits per heavy atom. The van der Waals surface area contributed by atoms with Gasteiger partial charge in [-0.3, -0.25) is 4.79 Å². The number of carbonyl (C=O) groups is 1. The molecule has 2 rings (SSSR count). The van der Waals surface area contributed by atoms with E-state index in [0.29, 0.717) is 12.4 Å². The van der Waals surface area contributed by atoms with Crippen LogP contribution in [0.1, 0.15) is 25.6 Å². The number of nitrogens with zero attached hydrogens (tertiary/aromatic N) is 3. The largest absolute Gasteiger partial charge is 0.377 e. The van der Waals surface area contributed by atoms with Gasteiger partial charge in [-0.1, -0.05) is 0 Å². The summed E-state index contributed by atoms with van der Waals surface area (Å²) in [7, 11) is 3.28. The van der Waals surface area contributed by atoms with Gasteiger partial charge in [-0.05, 0) is 19.8 Å². The molecule has 1 aromatic rings. The molecule has 1 unspecified atom stereocenters. The molecule has 0 saturated carbocycles. The van der Waals surface area contributed by atoms with Gasteiger partial charge >= 0.3 is 0 Å². The van der Waals surface area contributed by atoms with Crippen LogP contribution in [-0.2, 0) is 16.1 Å². The molecule has 1 aliphatic heterocycles. The second-order valence-electron chi connectivity index (χ2n) is 4.96. The van der Waals surface area contributed by atoms with Crippen LogP contribution in [0, 0.1) is 0 Å². The summed E-state index contributed by atoms with van der Waals surface area (Å²) in [6.45, 7) is 3.97. The minimum Gasteiger partial charge on any atom is -0.377 e. The molecule has 116 valence electrons. The lowest BCUT2D eigenvalue weighted by Gasteiger charge is -2.25. The lowest BCUT2D eigenvalue weighted by atomic mass is 10.2. The van der Waals surface area contributed by atoms with Gasteiger partial charge in [0.15, 0.2) is 5.82 Å². The van der Waals surface area contributed by atoms with E-state index in [-0.39, 0.29) is 11.9 Å². The summed E-state index contributed by atoms with van der Waals surface area (Å²) in [6, 6.07) is 1.74. The summed E-state index contributed by atoms with van der Waals surface area (Å²) < 4.78 is 5.12. The van der Waals surface area contributed by atoms with Gasteiger partial charge in [0.1, 0.15) is 24.3 Å². The van der Waals surface area contributed by atoms with Gasteiger partial charge in [-0.2, -0.15) is 0 Å². The van der Waals surface area contributed by atoms with Crippen molar-refractivity contribution in [3.8, 4) is 0 Å². The first-order chi connectivity index (χ1) is 10.2. The molecule has 1 amide bonds. The highest BCUT2D eigenvalue weighted by atomic mass is 16.5. The lowest BCUT2D eigenvalue weighted by Crippen LogP contribution is -2.42. The maximum atomic E-state index is 12.0. The fraction of sp³-hybridized carbons (Fsp3) is 0.643. The Balaban J connectivity index is 2.30. The van der Waals surface area contributed by atoms with Crippen LogP contribution in [0.3, 0.4) is 0 Å². The average molecular weight is 293 g/mol. The highest BCUT2D eigenvalue weighted by Gasteiger charge is 2.31. The van der Waals surface area contributed by atoms with Gasteiger partial charge in [0, 0.05) is 33.3 Å². The van der Waals surface area contributed by atoms with E-state index in [0.717, 1.165) is 37.6 Å². The molecule has 1 aromatic heterocycles. The summed E-state index contributed by atoms with van der Waals surface area (Å²) in [5.41, 5.74) is 0. The van der Waals surface area contributed by atoms with E-state index in [2.05, 4.69) is 20.6 Å². The third kappa shape index (κ3) is 3.60. The smallest absolute Gasteiger partial charge is 0.242 e. The van der Waals surface area contributed by atoms with Crippen LogP contribution in [0.5, 0.6) is 0 Å². The third-order valence-electron chi connectivity index (χ3n) is 3.49. The Bertz CT molecular complexity index is 470. The number of hydrogen-bond acceptors (Lipinski definition) is 6. The van der Waals surface area contributed by atoms with Crippen molar-refractivity contribution in [2.75, 3.05) is 37.5 Å². The molecule has 0 bridgehead atoms. The van der Waals surface area contributed by atoms with Crippen molar-refractivity contribution in [3.05, 3.63) is 11.9 Å². The quantitative estimate of drug-likeness (QED) is 0.806. The van der Waals surface area contributed by atoms with Crippen LogP contribution >= 0.6 is 0 Å². The number of anilines is 2.